The SMILES string of the molecule is CCCCCCCCCCc1ccc2c(c1)C(=O)/C(=C/C(=O)O)CC2. The second-order valence-electron chi connectivity index (χ2n) is 7.05. The Morgan fingerprint density at radius 2 is 1.72 bits per heavy atom. The third-order valence-corrected chi connectivity index (χ3v) is 4.99. The van der Waals surface area contributed by atoms with Gasteiger partial charge in [-0.15, -0.1) is 0 Å². The molecular formula is C22H30O3. The van der Waals surface area contributed by atoms with Crippen molar-refractivity contribution in [2.24, 2.45) is 0 Å². The zero-order valence-electron chi connectivity index (χ0n) is 15.4. The highest BCUT2D eigenvalue weighted by Gasteiger charge is 2.22. The first-order valence-corrected chi connectivity index (χ1v) is 9.72. The second-order valence-corrected chi connectivity index (χ2v) is 7.05. The quantitative estimate of drug-likeness (QED) is 0.450. The van der Waals surface area contributed by atoms with Gasteiger partial charge in [0.25, 0.3) is 0 Å². The predicted octanol–water partition coefficient (Wildman–Crippen LogP) is 5.51. The van der Waals surface area contributed by atoms with E-state index in [2.05, 4.69) is 13.0 Å². The van der Waals surface area contributed by atoms with E-state index >= 15 is 0 Å². The summed E-state index contributed by atoms with van der Waals surface area (Å²) in [6, 6.07) is 6.15. The van der Waals surface area contributed by atoms with Crippen LogP contribution < -0.4 is 0 Å². The first-order valence-electron chi connectivity index (χ1n) is 9.72. The van der Waals surface area contributed by atoms with Crippen LogP contribution in [0.5, 0.6) is 0 Å². The molecule has 0 radical (unpaired) electrons. The highest BCUT2D eigenvalue weighted by atomic mass is 16.4. The van der Waals surface area contributed by atoms with Crippen LogP contribution in [0.4, 0.5) is 0 Å². The number of hydrogen-bond donors (Lipinski definition) is 1. The molecule has 1 aliphatic carbocycles. The summed E-state index contributed by atoms with van der Waals surface area (Å²) >= 11 is 0. The van der Waals surface area contributed by atoms with Crippen LogP contribution in [0.25, 0.3) is 0 Å². The number of unbranched alkanes of at least 4 members (excludes halogenated alkanes) is 7. The molecular weight excluding hydrogens is 312 g/mol. The van der Waals surface area contributed by atoms with Crippen LogP contribution in [-0.4, -0.2) is 16.9 Å². The molecule has 0 heterocycles. The lowest BCUT2D eigenvalue weighted by Gasteiger charge is -2.18. The molecule has 3 nitrogen and oxygen atoms in total. The summed E-state index contributed by atoms with van der Waals surface area (Å²) in [4.78, 5) is 23.3. The molecule has 0 unspecified atom stereocenters. The van der Waals surface area contributed by atoms with Gasteiger partial charge in [-0.05, 0) is 42.9 Å². The van der Waals surface area contributed by atoms with Crippen LogP contribution in [0.1, 0.15) is 86.2 Å². The van der Waals surface area contributed by atoms with E-state index in [-0.39, 0.29) is 5.78 Å². The fourth-order valence-electron chi connectivity index (χ4n) is 3.51. The number of carbonyl (C=O) groups is 2. The van der Waals surface area contributed by atoms with Crippen molar-refractivity contribution < 1.29 is 14.7 Å². The Morgan fingerprint density at radius 3 is 2.40 bits per heavy atom. The van der Waals surface area contributed by atoms with Crippen LogP contribution in [-0.2, 0) is 17.6 Å². The molecule has 2 rings (SSSR count). The minimum absolute atomic E-state index is 0.110. The molecule has 0 saturated carbocycles. The minimum atomic E-state index is -1.04. The number of aliphatic carboxylic acids is 1. The molecule has 0 amide bonds. The van der Waals surface area contributed by atoms with Crippen molar-refractivity contribution in [2.75, 3.05) is 0 Å². The summed E-state index contributed by atoms with van der Waals surface area (Å²) in [6.07, 6.45) is 13.7. The fourth-order valence-corrected chi connectivity index (χ4v) is 3.51. The summed E-state index contributed by atoms with van der Waals surface area (Å²) < 4.78 is 0. The highest BCUT2D eigenvalue weighted by Crippen LogP contribution is 2.26. The van der Waals surface area contributed by atoms with E-state index in [1.165, 1.54) is 50.5 Å². The maximum absolute atomic E-state index is 12.5. The molecule has 25 heavy (non-hydrogen) atoms. The number of benzene rings is 1. The summed E-state index contributed by atoms with van der Waals surface area (Å²) in [5.74, 6) is -1.15. The van der Waals surface area contributed by atoms with Crippen molar-refractivity contribution in [1.82, 2.24) is 0 Å². The average Bonchev–Trinajstić information content (AvgIpc) is 2.60. The molecule has 1 aromatic carbocycles. The maximum Gasteiger partial charge on any atom is 0.328 e. The number of carboxylic acid groups (broad SMARTS) is 1. The monoisotopic (exact) mass is 342 g/mol. The van der Waals surface area contributed by atoms with Gasteiger partial charge in [0.15, 0.2) is 5.78 Å². The van der Waals surface area contributed by atoms with Crippen LogP contribution in [0.3, 0.4) is 0 Å². The van der Waals surface area contributed by atoms with Crippen LogP contribution >= 0.6 is 0 Å². The number of aryl methyl sites for hydroxylation is 2. The number of ketones is 1. The van der Waals surface area contributed by atoms with E-state index in [1.807, 2.05) is 12.1 Å². The molecule has 1 N–H and O–H groups in total. The van der Waals surface area contributed by atoms with Gasteiger partial charge in [-0.2, -0.15) is 0 Å². The number of carboxylic acids is 1. The average molecular weight is 342 g/mol. The lowest BCUT2D eigenvalue weighted by molar-refractivity contribution is -0.131. The minimum Gasteiger partial charge on any atom is -0.478 e. The van der Waals surface area contributed by atoms with Gasteiger partial charge in [0.2, 0.25) is 0 Å². The van der Waals surface area contributed by atoms with Gasteiger partial charge in [0.05, 0.1) is 0 Å². The van der Waals surface area contributed by atoms with Crippen LogP contribution in [0, 0.1) is 0 Å². The lowest BCUT2D eigenvalue weighted by Crippen LogP contribution is -2.15. The Hall–Kier alpha value is -1.90. The number of carbonyl (C=O) groups excluding carboxylic acids is 1. The zero-order chi connectivity index (χ0) is 18.1. The van der Waals surface area contributed by atoms with Gasteiger partial charge in [-0.1, -0.05) is 64.0 Å². The van der Waals surface area contributed by atoms with Crippen LogP contribution in [0.15, 0.2) is 29.8 Å². The number of hydrogen-bond acceptors (Lipinski definition) is 2. The molecule has 0 aromatic heterocycles. The molecule has 0 aliphatic heterocycles. The summed E-state index contributed by atoms with van der Waals surface area (Å²) in [5.41, 5.74) is 3.36. The Labute approximate surface area is 151 Å². The van der Waals surface area contributed by atoms with Gasteiger partial charge in [0.1, 0.15) is 0 Å². The van der Waals surface area contributed by atoms with Crippen molar-refractivity contribution in [1.29, 1.82) is 0 Å². The first kappa shape index (κ1) is 19.4. The maximum atomic E-state index is 12.5. The standard InChI is InChI=1S/C22H30O3/c1-2-3-4-5-6-7-8-9-10-17-11-12-18-13-14-19(16-21(23)24)22(25)20(18)15-17/h11-12,15-16H,2-10,13-14H2,1H3,(H,23,24)/b19-16+. The molecule has 1 aliphatic rings. The first-order chi connectivity index (χ1) is 12.1. The Balaban J connectivity index is 1.83. The molecule has 0 atom stereocenters. The van der Waals surface area contributed by atoms with Gasteiger partial charge in [0, 0.05) is 17.2 Å². The third kappa shape index (κ3) is 6.15. The van der Waals surface area contributed by atoms with Crippen molar-refractivity contribution >= 4 is 11.8 Å². The number of fused-ring (bicyclic) bond motifs is 1. The third-order valence-electron chi connectivity index (χ3n) is 4.99. The van der Waals surface area contributed by atoms with Gasteiger partial charge in [-0.3, -0.25) is 4.79 Å². The van der Waals surface area contributed by atoms with E-state index in [0.717, 1.165) is 30.9 Å². The van der Waals surface area contributed by atoms with Crippen molar-refractivity contribution in [3.63, 3.8) is 0 Å². The summed E-state index contributed by atoms with van der Waals surface area (Å²) in [6.45, 7) is 2.24. The predicted molar refractivity (Wildman–Crippen MR) is 101 cm³/mol. The van der Waals surface area contributed by atoms with Crippen molar-refractivity contribution in [3.05, 3.63) is 46.5 Å². The van der Waals surface area contributed by atoms with Crippen molar-refractivity contribution in [2.45, 2.75) is 77.6 Å². The number of allylic oxidation sites excluding steroid dienone is 1. The van der Waals surface area contributed by atoms with E-state index in [1.54, 1.807) is 0 Å². The van der Waals surface area contributed by atoms with Crippen LogP contribution in [0.2, 0.25) is 0 Å². The molecule has 0 bridgehead atoms. The molecule has 136 valence electrons. The molecule has 1 aromatic rings. The highest BCUT2D eigenvalue weighted by molar-refractivity contribution is 6.12. The van der Waals surface area contributed by atoms with Crippen molar-refractivity contribution in [3.8, 4) is 0 Å². The molecule has 3 heteroatoms. The normalized spacial score (nSPS) is 15.4. The Morgan fingerprint density at radius 1 is 1.04 bits per heavy atom. The topological polar surface area (TPSA) is 54.4 Å². The van der Waals surface area contributed by atoms with Gasteiger partial charge >= 0.3 is 5.97 Å². The largest absolute Gasteiger partial charge is 0.478 e. The molecule has 0 fully saturated rings. The molecule has 0 saturated heterocycles. The van der Waals surface area contributed by atoms with Gasteiger partial charge in [-0.25, -0.2) is 4.79 Å². The fraction of sp³-hybridized carbons (Fsp3) is 0.545. The second kappa shape index (κ2) is 10.2. The Kier molecular flexibility index (Phi) is 7.90. The Bertz CT molecular complexity index is 628. The van der Waals surface area contributed by atoms with E-state index in [4.69, 9.17) is 5.11 Å². The van der Waals surface area contributed by atoms with Gasteiger partial charge < -0.3 is 5.11 Å². The number of Topliss-reactive ketones (excluding diaryl/α,β-unsaturated/α-hetero) is 1. The molecule has 0 spiro atoms. The summed E-state index contributed by atoms with van der Waals surface area (Å²) in [5, 5.41) is 8.89. The summed E-state index contributed by atoms with van der Waals surface area (Å²) in [7, 11) is 0. The van der Waals surface area contributed by atoms with E-state index in [9.17, 15) is 9.59 Å². The smallest absolute Gasteiger partial charge is 0.328 e. The zero-order valence-corrected chi connectivity index (χ0v) is 15.4. The number of rotatable bonds is 10. The van der Waals surface area contributed by atoms with E-state index in [0.29, 0.717) is 17.6 Å². The lowest BCUT2D eigenvalue weighted by atomic mass is 9.85. The van der Waals surface area contributed by atoms with E-state index < -0.39 is 5.97 Å².